The molecule has 0 saturated heterocycles. The second-order valence-corrected chi connectivity index (χ2v) is 5.23. The van der Waals surface area contributed by atoms with Crippen molar-refractivity contribution < 1.29 is 19.0 Å². The molecule has 0 aliphatic heterocycles. The van der Waals surface area contributed by atoms with E-state index in [1.165, 1.54) is 12.1 Å². The fourth-order valence-corrected chi connectivity index (χ4v) is 2.11. The maximum Gasteiger partial charge on any atom is 0.407 e. The number of ether oxygens (including phenoxy) is 1. The van der Waals surface area contributed by atoms with E-state index in [1.807, 2.05) is 36.4 Å². The zero-order valence-corrected chi connectivity index (χ0v) is 13.2. The van der Waals surface area contributed by atoms with Crippen molar-refractivity contribution in [3.05, 3.63) is 77.1 Å². The highest BCUT2D eigenvalue weighted by atomic mass is 19.1. The third kappa shape index (κ3) is 6.22. The van der Waals surface area contributed by atoms with Crippen molar-refractivity contribution in [2.24, 2.45) is 0 Å². The molecule has 0 bridgehead atoms. The van der Waals surface area contributed by atoms with Gasteiger partial charge < -0.3 is 15.2 Å². The first-order chi connectivity index (χ1) is 11.7. The molecular weight excluding hydrogens is 309 g/mol. The van der Waals surface area contributed by atoms with Gasteiger partial charge in [-0.2, -0.15) is 0 Å². The van der Waals surface area contributed by atoms with Gasteiger partial charge in [0.25, 0.3) is 0 Å². The molecule has 0 radical (unpaired) electrons. The van der Waals surface area contributed by atoms with Crippen LogP contribution in [0.5, 0.6) is 0 Å². The van der Waals surface area contributed by atoms with E-state index in [1.54, 1.807) is 12.1 Å². The lowest BCUT2D eigenvalue weighted by atomic mass is 10.1. The summed E-state index contributed by atoms with van der Waals surface area (Å²) in [6.45, 7) is 0.454. The van der Waals surface area contributed by atoms with Crippen molar-refractivity contribution >= 4 is 12.2 Å². The van der Waals surface area contributed by atoms with Gasteiger partial charge in [0.05, 0.1) is 6.61 Å². The summed E-state index contributed by atoms with van der Waals surface area (Å²) in [5.74, 6) is -0.385. The molecule has 0 unspecified atom stereocenters. The average Bonchev–Trinajstić information content (AvgIpc) is 2.60. The van der Waals surface area contributed by atoms with Gasteiger partial charge in [-0.05, 0) is 41.3 Å². The number of benzene rings is 2. The number of carbonyl (C=O) groups is 1. The van der Waals surface area contributed by atoms with Gasteiger partial charge in [-0.15, -0.1) is 0 Å². The van der Waals surface area contributed by atoms with Gasteiger partial charge in [0.1, 0.15) is 12.4 Å². The predicted molar refractivity (Wildman–Crippen MR) is 90.6 cm³/mol. The minimum Gasteiger partial charge on any atom is -0.445 e. The topological polar surface area (TPSA) is 58.6 Å². The maximum absolute atomic E-state index is 13.3. The van der Waals surface area contributed by atoms with Crippen LogP contribution >= 0.6 is 0 Å². The Labute approximate surface area is 140 Å². The van der Waals surface area contributed by atoms with Crippen LogP contribution in [0.15, 0.2) is 54.6 Å². The SMILES string of the molecule is O=C(NCCC=Cc1cc(F)cc(CO)c1)OCc1ccccc1. The van der Waals surface area contributed by atoms with Crippen LogP contribution in [0.25, 0.3) is 6.08 Å². The average molecular weight is 329 g/mol. The fraction of sp³-hybridized carbons (Fsp3) is 0.211. The molecule has 0 aliphatic carbocycles. The Morgan fingerprint density at radius 2 is 1.96 bits per heavy atom. The predicted octanol–water partition coefficient (Wildman–Crippen LogP) is 3.65. The minimum atomic E-state index is -0.472. The van der Waals surface area contributed by atoms with Gasteiger partial charge in [0.15, 0.2) is 0 Å². The summed E-state index contributed by atoms with van der Waals surface area (Å²) >= 11 is 0. The second-order valence-electron chi connectivity index (χ2n) is 5.23. The zero-order valence-electron chi connectivity index (χ0n) is 13.2. The van der Waals surface area contributed by atoms with Crippen LogP contribution in [-0.4, -0.2) is 17.7 Å². The summed E-state index contributed by atoms with van der Waals surface area (Å²) < 4.78 is 18.4. The number of rotatable bonds is 7. The fourth-order valence-electron chi connectivity index (χ4n) is 2.11. The minimum absolute atomic E-state index is 0.201. The zero-order chi connectivity index (χ0) is 17.2. The van der Waals surface area contributed by atoms with Crippen molar-refractivity contribution in [1.29, 1.82) is 0 Å². The number of hydrogen-bond donors (Lipinski definition) is 2. The molecule has 24 heavy (non-hydrogen) atoms. The summed E-state index contributed by atoms with van der Waals surface area (Å²) in [5.41, 5.74) is 2.13. The number of amides is 1. The largest absolute Gasteiger partial charge is 0.445 e. The molecule has 0 aromatic heterocycles. The Morgan fingerprint density at radius 1 is 1.17 bits per heavy atom. The molecule has 0 atom stereocenters. The van der Waals surface area contributed by atoms with E-state index in [0.717, 1.165) is 5.56 Å². The Balaban J connectivity index is 1.68. The highest BCUT2D eigenvalue weighted by Gasteiger charge is 2.01. The van der Waals surface area contributed by atoms with Crippen LogP contribution in [0.4, 0.5) is 9.18 Å². The molecule has 126 valence electrons. The molecule has 0 spiro atoms. The summed E-state index contributed by atoms with van der Waals surface area (Å²) in [6, 6.07) is 13.8. The van der Waals surface area contributed by atoms with Crippen LogP contribution in [0, 0.1) is 5.82 Å². The molecule has 2 rings (SSSR count). The lowest BCUT2D eigenvalue weighted by molar-refractivity contribution is 0.140. The third-order valence-corrected chi connectivity index (χ3v) is 3.27. The van der Waals surface area contributed by atoms with E-state index >= 15 is 0 Å². The number of alkyl carbamates (subject to hydrolysis) is 1. The van der Waals surface area contributed by atoms with Gasteiger partial charge in [0.2, 0.25) is 0 Å². The molecule has 1 amide bonds. The molecule has 0 saturated carbocycles. The standard InChI is InChI=1S/C19H20FNO3/c20-18-11-16(10-17(12-18)13-22)8-4-5-9-21-19(23)24-14-15-6-2-1-3-7-15/h1-4,6-8,10-12,22H,5,9,13-14H2,(H,21,23). The molecule has 0 heterocycles. The number of carbonyl (C=O) groups excluding carboxylic acids is 1. The van der Waals surface area contributed by atoms with Crippen molar-refractivity contribution in [1.82, 2.24) is 5.32 Å². The second kappa shape index (κ2) is 9.47. The van der Waals surface area contributed by atoms with Gasteiger partial charge in [-0.25, -0.2) is 9.18 Å². The van der Waals surface area contributed by atoms with E-state index in [4.69, 9.17) is 9.84 Å². The number of halogens is 1. The monoisotopic (exact) mass is 329 g/mol. The third-order valence-electron chi connectivity index (χ3n) is 3.27. The highest BCUT2D eigenvalue weighted by molar-refractivity contribution is 5.67. The normalized spacial score (nSPS) is 10.8. The molecule has 5 heteroatoms. The van der Waals surface area contributed by atoms with E-state index in [-0.39, 0.29) is 19.0 Å². The van der Waals surface area contributed by atoms with Crippen molar-refractivity contribution in [2.45, 2.75) is 19.6 Å². The Morgan fingerprint density at radius 3 is 2.71 bits per heavy atom. The van der Waals surface area contributed by atoms with Gasteiger partial charge >= 0.3 is 6.09 Å². The van der Waals surface area contributed by atoms with E-state index in [0.29, 0.717) is 24.1 Å². The van der Waals surface area contributed by atoms with Crippen LogP contribution in [0.1, 0.15) is 23.1 Å². The van der Waals surface area contributed by atoms with Crippen LogP contribution in [-0.2, 0) is 18.0 Å². The number of aliphatic hydroxyl groups excluding tert-OH is 1. The van der Waals surface area contributed by atoms with Crippen LogP contribution in [0.3, 0.4) is 0 Å². The molecular formula is C19H20FNO3. The molecule has 0 fully saturated rings. The lowest BCUT2D eigenvalue weighted by Crippen LogP contribution is -2.24. The van der Waals surface area contributed by atoms with Crippen molar-refractivity contribution in [3.63, 3.8) is 0 Å². The quantitative estimate of drug-likeness (QED) is 0.762. The highest BCUT2D eigenvalue weighted by Crippen LogP contribution is 2.11. The Hall–Kier alpha value is -2.66. The van der Waals surface area contributed by atoms with Gasteiger partial charge in [-0.1, -0.05) is 42.5 Å². The van der Waals surface area contributed by atoms with E-state index in [9.17, 15) is 9.18 Å². The molecule has 0 aliphatic rings. The molecule has 4 nitrogen and oxygen atoms in total. The van der Waals surface area contributed by atoms with E-state index < -0.39 is 6.09 Å². The molecule has 2 N–H and O–H groups in total. The van der Waals surface area contributed by atoms with Crippen LogP contribution < -0.4 is 5.32 Å². The Kier molecular flexibility index (Phi) is 6.98. The first-order valence-electron chi connectivity index (χ1n) is 7.69. The summed E-state index contributed by atoms with van der Waals surface area (Å²) in [6.07, 6.45) is 3.69. The Bertz CT molecular complexity index is 686. The summed E-state index contributed by atoms with van der Waals surface area (Å²) in [4.78, 5) is 11.5. The van der Waals surface area contributed by atoms with E-state index in [2.05, 4.69) is 5.32 Å². The van der Waals surface area contributed by atoms with Gasteiger partial charge in [0, 0.05) is 6.54 Å². The molecule has 2 aromatic carbocycles. The molecule has 2 aromatic rings. The number of hydrogen-bond acceptors (Lipinski definition) is 3. The number of nitrogens with one attached hydrogen (secondary N) is 1. The summed E-state index contributed by atoms with van der Waals surface area (Å²) in [5, 5.41) is 11.7. The number of aliphatic hydroxyl groups is 1. The van der Waals surface area contributed by atoms with Crippen molar-refractivity contribution in [3.8, 4) is 0 Å². The summed E-state index contributed by atoms with van der Waals surface area (Å²) in [7, 11) is 0. The first-order valence-corrected chi connectivity index (χ1v) is 7.69. The first kappa shape index (κ1) is 17.7. The smallest absolute Gasteiger partial charge is 0.407 e. The lowest BCUT2D eigenvalue weighted by Gasteiger charge is -2.06. The van der Waals surface area contributed by atoms with Crippen LogP contribution in [0.2, 0.25) is 0 Å². The maximum atomic E-state index is 13.3. The van der Waals surface area contributed by atoms with Crippen molar-refractivity contribution in [2.75, 3.05) is 6.54 Å². The van der Waals surface area contributed by atoms with Gasteiger partial charge in [-0.3, -0.25) is 0 Å².